The SMILES string of the molecule is CC(=O)NC[C@](C)(O)C1CCCCC1. The Morgan fingerprint density at radius 3 is 2.50 bits per heavy atom. The molecule has 0 saturated heterocycles. The Kier molecular flexibility index (Phi) is 3.93. The minimum absolute atomic E-state index is 0.0684. The summed E-state index contributed by atoms with van der Waals surface area (Å²) in [6.45, 7) is 3.70. The van der Waals surface area contributed by atoms with Crippen LogP contribution >= 0.6 is 0 Å². The van der Waals surface area contributed by atoms with Crippen LogP contribution in [0.5, 0.6) is 0 Å². The van der Waals surface area contributed by atoms with Gasteiger partial charge >= 0.3 is 0 Å². The van der Waals surface area contributed by atoms with E-state index in [1.807, 2.05) is 6.92 Å². The lowest BCUT2D eigenvalue weighted by Crippen LogP contribution is -2.46. The van der Waals surface area contributed by atoms with Crippen molar-refractivity contribution in [2.45, 2.75) is 51.6 Å². The number of aliphatic hydroxyl groups is 1. The highest BCUT2D eigenvalue weighted by Gasteiger charge is 2.32. The lowest BCUT2D eigenvalue weighted by atomic mass is 9.78. The van der Waals surface area contributed by atoms with Crippen molar-refractivity contribution in [2.24, 2.45) is 5.92 Å². The molecule has 0 aromatic carbocycles. The summed E-state index contributed by atoms with van der Waals surface area (Å²) in [5.74, 6) is 0.282. The largest absolute Gasteiger partial charge is 0.388 e. The highest BCUT2D eigenvalue weighted by molar-refractivity contribution is 5.72. The molecule has 82 valence electrons. The molecule has 14 heavy (non-hydrogen) atoms. The molecule has 0 radical (unpaired) electrons. The van der Waals surface area contributed by atoms with Crippen molar-refractivity contribution in [2.75, 3.05) is 6.54 Å². The monoisotopic (exact) mass is 199 g/mol. The van der Waals surface area contributed by atoms with Crippen LogP contribution in [-0.4, -0.2) is 23.2 Å². The molecule has 2 N–H and O–H groups in total. The molecule has 1 saturated carbocycles. The average Bonchev–Trinajstić information content (AvgIpc) is 2.16. The average molecular weight is 199 g/mol. The molecule has 0 aliphatic heterocycles. The van der Waals surface area contributed by atoms with E-state index < -0.39 is 5.60 Å². The van der Waals surface area contributed by atoms with Crippen LogP contribution in [0, 0.1) is 5.92 Å². The minimum Gasteiger partial charge on any atom is -0.388 e. The van der Waals surface area contributed by atoms with E-state index in [4.69, 9.17) is 0 Å². The van der Waals surface area contributed by atoms with E-state index in [0.29, 0.717) is 12.5 Å². The molecule has 0 aromatic heterocycles. The molecule has 1 fully saturated rings. The number of hydrogen-bond donors (Lipinski definition) is 2. The van der Waals surface area contributed by atoms with Crippen LogP contribution in [-0.2, 0) is 4.79 Å². The van der Waals surface area contributed by atoms with Crippen LogP contribution in [0.4, 0.5) is 0 Å². The van der Waals surface area contributed by atoms with Crippen molar-refractivity contribution in [1.29, 1.82) is 0 Å². The Balaban J connectivity index is 2.41. The molecule has 1 aliphatic carbocycles. The van der Waals surface area contributed by atoms with Gasteiger partial charge in [0.1, 0.15) is 0 Å². The number of amides is 1. The Morgan fingerprint density at radius 1 is 1.43 bits per heavy atom. The van der Waals surface area contributed by atoms with Gasteiger partial charge in [-0.3, -0.25) is 4.79 Å². The number of carbonyl (C=O) groups is 1. The van der Waals surface area contributed by atoms with Crippen LogP contribution in [0.2, 0.25) is 0 Å². The normalized spacial score (nSPS) is 22.8. The molecule has 1 amide bonds. The summed E-state index contributed by atoms with van der Waals surface area (Å²) in [6, 6.07) is 0. The highest BCUT2D eigenvalue weighted by Crippen LogP contribution is 2.32. The zero-order valence-corrected chi connectivity index (χ0v) is 9.18. The Bertz CT molecular complexity index is 195. The van der Waals surface area contributed by atoms with Gasteiger partial charge in [-0.15, -0.1) is 0 Å². The molecule has 0 bridgehead atoms. The van der Waals surface area contributed by atoms with Gasteiger partial charge in [0, 0.05) is 13.5 Å². The van der Waals surface area contributed by atoms with Crippen LogP contribution in [0.1, 0.15) is 46.0 Å². The molecule has 0 heterocycles. The van der Waals surface area contributed by atoms with E-state index in [1.165, 1.54) is 26.2 Å². The molecule has 1 aliphatic rings. The molecule has 1 atom stereocenters. The van der Waals surface area contributed by atoms with Gasteiger partial charge in [0.15, 0.2) is 0 Å². The van der Waals surface area contributed by atoms with Crippen molar-refractivity contribution >= 4 is 5.91 Å². The first-order valence-corrected chi connectivity index (χ1v) is 5.49. The van der Waals surface area contributed by atoms with Gasteiger partial charge < -0.3 is 10.4 Å². The van der Waals surface area contributed by atoms with Crippen molar-refractivity contribution in [1.82, 2.24) is 5.32 Å². The van der Waals surface area contributed by atoms with E-state index in [-0.39, 0.29) is 5.91 Å². The second kappa shape index (κ2) is 4.78. The van der Waals surface area contributed by atoms with E-state index in [2.05, 4.69) is 5.32 Å². The third kappa shape index (κ3) is 3.29. The fourth-order valence-corrected chi connectivity index (χ4v) is 2.17. The molecular weight excluding hydrogens is 178 g/mol. The first kappa shape index (κ1) is 11.5. The smallest absolute Gasteiger partial charge is 0.216 e. The molecule has 1 rings (SSSR count). The highest BCUT2D eigenvalue weighted by atomic mass is 16.3. The first-order valence-electron chi connectivity index (χ1n) is 5.49. The number of hydrogen-bond acceptors (Lipinski definition) is 2. The van der Waals surface area contributed by atoms with Crippen molar-refractivity contribution in [3.8, 4) is 0 Å². The summed E-state index contributed by atoms with van der Waals surface area (Å²) in [5.41, 5.74) is -0.730. The molecule has 3 heteroatoms. The van der Waals surface area contributed by atoms with Crippen LogP contribution in [0.25, 0.3) is 0 Å². The number of rotatable bonds is 3. The lowest BCUT2D eigenvalue weighted by Gasteiger charge is -2.35. The van der Waals surface area contributed by atoms with E-state index in [9.17, 15) is 9.90 Å². The quantitative estimate of drug-likeness (QED) is 0.723. The minimum atomic E-state index is -0.730. The third-order valence-corrected chi connectivity index (χ3v) is 3.18. The molecular formula is C11H21NO2. The molecule has 0 aromatic rings. The van der Waals surface area contributed by atoms with Crippen LogP contribution in [0.3, 0.4) is 0 Å². The van der Waals surface area contributed by atoms with Crippen molar-refractivity contribution < 1.29 is 9.90 Å². The second-order valence-corrected chi connectivity index (χ2v) is 4.60. The van der Waals surface area contributed by atoms with Crippen molar-refractivity contribution in [3.05, 3.63) is 0 Å². The first-order chi connectivity index (χ1) is 6.52. The Morgan fingerprint density at radius 2 is 2.00 bits per heavy atom. The maximum absolute atomic E-state index is 10.8. The zero-order valence-electron chi connectivity index (χ0n) is 9.18. The zero-order chi connectivity index (χ0) is 10.6. The van der Waals surface area contributed by atoms with Gasteiger partial charge in [-0.1, -0.05) is 19.3 Å². The van der Waals surface area contributed by atoms with E-state index in [0.717, 1.165) is 12.8 Å². The van der Waals surface area contributed by atoms with Gasteiger partial charge in [-0.05, 0) is 25.7 Å². The van der Waals surface area contributed by atoms with Gasteiger partial charge in [0.2, 0.25) is 5.91 Å². The van der Waals surface area contributed by atoms with E-state index >= 15 is 0 Å². The van der Waals surface area contributed by atoms with Crippen LogP contribution in [0.15, 0.2) is 0 Å². The standard InChI is InChI=1S/C11H21NO2/c1-9(13)12-8-11(2,14)10-6-4-3-5-7-10/h10,14H,3-8H2,1-2H3,(H,12,13)/t11-/m0/s1. The predicted molar refractivity (Wildman–Crippen MR) is 55.9 cm³/mol. The maximum Gasteiger partial charge on any atom is 0.216 e. The maximum atomic E-state index is 10.8. The third-order valence-electron chi connectivity index (χ3n) is 3.18. The van der Waals surface area contributed by atoms with Crippen molar-refractivity contribution in [3.63, 3.8) is 0 Å². The Hall–Kier alpha value is -0.570. The topological polar surface area (TPSA) is 49.3 Å². The van der Waals surface area contributed by atoms with Gasteiger partial charge in [-0.25, -0.2) is 0 Å². The van der Waals surface area contributed by atoms with Gasteiger partial charge in [0.25, 0.3) is 0 Å². The summed E-state index contributed by atoms with van der Waals surface area (Å²) in [7, 11) is 0. The predicted octanol–water partition coefficient (Wildman–Crippen LogP) is 1.45. The lowest BCUT2D eigenvalue weighted by molar-refractivity contribution is -0.120. The molecule has 0 unspecified atom stereocenters. The summed E-state index contributed by atoms with van der Waals surface area (Å²) < 4.78 is 0. The van der Waals surface area contributed by atoms with E-state index in [1.54, 1.807) is 0 Å². The summed E-state index contributed by atoms with van der Waals surface area (Å²) in [6.07, 6.45) is 5.88. The summed E-state index contributed by atoms with van der Waals surface area (Å²) in [5, 5.41) is 12.9. The van der Waals surface area contributed by atoms with Crippen LogP contribution < -0.4 is 5.32 Å². The summed E-state index contributed by atoms with van der Waals surface area (Å²) in [4.78, 5) is 10.8. The Labute approximate surface area is 85.9 Å². The summed E-state index contributed by atoms with van der Waals surface area (Å²) >= 11 is 0. The number of nitrogens with one attached hydrogen (secondary N) is 1. The second-order valence-electron chi connectivity index (χ2n) is 4.60. The number of carbonyl (C=O) groups excluding carboxylic acids is 1. The molecule has 3 nitrogen and oxygen atoms in total. The molecule has 0 spiro atoms. The van der Waals surface area contributed by atoms with Gasteiger partial charge in [-0.2, -0.15) is 0 Å². The fourth-order valence-electron chi connectivity index (χ4n) is 2.17. The van der Waals surface area contributed by atoms with Gasteiger partial charge in [0.05, 0.1) is 5.60 Å². The fraction of sp³-hybridized carbons (Fsp3) is 0.909.